The second-order valence-corrected chi connectivity index (χ2v) is 12.6. The summed E-state index contributed by atoms with van der Waals surface area (Å²) in [6.45, 7) is 9.30. The largest absolute Gasteiger partial charge is 0.497 e. The van der Waals surface area contributed by atoms with Crippen molar-refractivity contribution in [2.24, 2.45) is 23.2 Å². The lowest BCUT2D eigenvalue weighted by Gasteiger charge is -2.51. The summed E-state index contributed by atoms with van der Waals surface area (Å²) >= 11 is 6.24. The van der Waals surface area contributed by atoms with Gasteiger partial charge in [0, 0.05) is 11.0 Å². The molecule has 164 valence electrons. The van der Waals surface area contributed by atoms with Crippen molar-refractivity contribution in [2.75, 3.05) is 7.11 Å². The van der Waals surface area contributed by atoms with Crippen LogP contribution in [0, 0.1) is 23.2 Å². The van der Waals surface area contributed by atoms with Crippen LogP contribution in [0.3, 0.4) is 0 Å². The minimum Gasteiger partial charge on any atom is -0.497 e. The molecule has 2 fully saturated rings. The average Bonchev–Trinajstić information content (AvgIpc) is 3.10. The van der Waals surface area contributed by atoms with E-state index in [-0.39, 0.29) is 10.5 Å². The van der Waals surface area contributed by atoms with Gasteiger partial charge in [-0.25, -0.2) is 0 Å². The molecule has 30 heavy (non-hydrogen) atoms. The van der Waals surface area contributed by atoms with Crippen LogP contribution in [0.2, 0.25) is 5.04 Å². The molecule has 0 aromatic heterocycles. The van der Waals surface area contributed by atoms with E-state index in [2.05, 4.69) is 52.0 Å². The number of hydrogen-bond donors (Lipinski definition) is 0. The zero-order valence-electron chi connectivity index (χ0n) is 19.2. The molecule has 3 aliphatic carbocycles. The summed E-state index contributed by atoms with van der Waals surface area (Å²) in [5.41, 5.74) is 4.98. The van der Waals surface area contributed by atoms with Crippen LogP contribution >= 0.6 is 11.6 Å². The van der Waals surface area contributed by atoms with Gasteiger partial charge in [0.2, 0.25) is 9.76 Å². The summed E-state index contributed by atoms with van der Waals surface area (Å²) in [7, 11) is 2.31. The highest BCUT2D eigenvalue weighted by Gasteiger charge is 2.56. The summed E-state index contributed by atoms with van der Waals surface area (Å²) in [4.78, 5) is 0. The Morgan fingerprint density at radius 2 is 2.00 bits per heavy atom. The maximum Gasteiger partial charge on any atom is 0.236 e. The van der Waals surface area contributed by atoms with Crippen LogP contribution in [0.15, 0.2) is 29.8 Å². The summed E-state index contributed by atoms with van der Waals surface area (Å²) in [5.74, 6) is 3.71. The molecule has 4 heteroatoms. The first-order chi connectivity index (χ1) is 14.3. The van der Waals surface area contributed by atoms with Gasteiger partial charge in [-0.2, -0.15) is 0 Å². The van der Waals surface area contributed by atoms with E-state index in [9.17, 15) is 0 Å². The van der Waals surface area contributed by atoms with Gasteiger partial charge in [0.05, 0.1) is 13.2 Å². The minimum absolute atomic E-state index is 0.118. The number of aryl methyl sites for hydroxylation is 1. The van der Waals surface area contributed by atoms with E-state index in [0.717, 1.165) is 11.7 Å². The van der Waals surface area contributed by atoms with Crippen molar-refractivity contribution in [1.82, 2.24) is 0 Å². The third-order valence-electron chi connectivity index (χ3n) is 8.73. The molecular weight excluding hydrogens is 408 g/mol. The van der Waals surface area contributed by atoms with Crippen molar-refractivity contribution in [2.45, 2.75) is 83.3 Å². The van der Waals surface area contributed by atoms with Crippen molar-refractivity contribution >= 4 is 21.4 Å². The Morgan fingerprint density at radius 3 is 2.70 bits per heavy atom. The Hall–Kier alpha value is -0.773. The van der Waals surface area contributed by atoms with Gasteiger partial charge in [-0.05, 0) is 90.5 Å². The van der Waals surface area contributed by atoms with Gasteiger partial charge >= 0.3 is 0 Å². The first kappa shape index (κ1) is 22.4. The Kier molecular flexibility index (Phi) is 6.45. The van der Waals surface area contributed by atoms with Crippen LogP contribution < -0.4 is 4.74 Å². The fraction of sp³-hybridized carbons (Fsp3) is 0.692. The number of fused-ring (bicyclic) bond motifs is 5. The fourth-order valence-corrected chi connectivity index (χ4v) is 7.56. The maximum atomic E-state index is 6.74. The summed E-state index contributed by atoms with van der Waals surface area (Å²) in [6.07, 6.45) is 9.94. The SMILES string of the molecule is COc1ccc2c(c1)CC[C@@H]1[C@@H]2CC[C@]2(/C=C/Cl)[C@@H](O[Si]C(C)(C)C(C)C)CC[C@@H]12. The second kappa shape index (κ2) is 8.63. The van der Waals surface area contributed by atoms with E-state index in [1.54, 1.807) is 18.2 Å². The standard InChI is InChI=1S/C26H37ClO2Si/c1-17(2)25(3,4)30-29-24-11-10-23-22-8-6-18-16-19(28-5)7-9-20(18)21(22)12-13-26(23,24)14-15-27/h7,9,14-17,21-24H,6,8,10-13H2,1-5H3/b15-14+/t21-,22-,23+,24+,26-/m1/s1. The van der Waals surface area contributed by atoms with Crippen LogP contribution in [0.4, 0.5) is 0 Å². The summed E-state index contributed by atoms with van der Waals surface area (Å²) in [5, 5.41) is 0.226. The number of halogens is 1. The quantitative estimate of drug-likeness (QED) is 0.434. The van der Waals surface area contributed by atoms with Crippen LogP contribution in [-0.2, 0) is 10.8 Å². The monoisotopic (exact) mass is 444 g/mol. The van der Waals surface area contributed by atoms with Gasteiger partial charge in [0.15, 0.2) is 0 Å². The average molecular weight is 445 g/mol. The van der Waals surface area contributed by atoms with Gasteiger partial charge in [-0.1, -0.05) is 51.4 Å². The Bertz CT molecular complexity index is 789. The molecule has 5 atom stereocenters. The van der Waals surface area contributed by atoms with Crippen molar-refractivity contribution in [3.8, 4) is 5.75 Å². The molecule has 4 rings (SSSR count). The lowest BCUT2D eigenvalue weighted by molar-refractivity contribution is 0.0112. The molecule has 0 aliphatic heterocycles. The molecule has 2 radical (unpaired) electrons. The molecule has 0 bridgehead atoms. The Labute approximate surface area is 190 Å². The molecule has 2 saturated carbocycles. The highest BCUT2D eigenvalue weighted by atomic mass is 35.5. The van der Waals surface area contributed by atoms with E-state index in [4.69, 9.17) is 20.8 Å². The number of methoxy groups -OCH3 is 1. The highest BCUT2D eigenvalue weighted by Crippen LogP contribution is 2.62. The van der Waals surface area contributed by atoms with Gasteiger partial charge in [0.25, 0.3) is 0 Å². The first-order valence-corrected chi connectivity index (χ1v) is 13.0. The highest BCUT2D eigenvalue weighted by molar-refractivity contribution is 6.32. The fourth-order valence-electron chi connectivity index (χ4n) is 6.31. The summed E-state index contributed by atoms with van der Waals surface area (Å²) in [6, 6.07) is 6.75. The molecule has 0 unspecified atom stereocenters. The van der Waals surface area contributed by atoms with Crippen LogP contribution in [0.25, 0.3) is 0 Å². The number of ether oxygens (including phenoxy) is 1. The molecule has 0 amide bonds. The number of benzene rings is 1. The van der Waals surface area contributed by atoms with E-state index >= 15 is 0 Å². The Balaban J connectivity index is 1.58. The molecule has 1 aromatic carbocycles. The molecule has 0 N–H and O–H groups in total. The third-order valence-corrected chi connectivity index (χ3v) is 10.4. The predicted octanol–water partition coefficient (Wildman–Crippen LogP) is 7.14. The lowest BCUT2D eigenvalue weighted by Crippen LogP contribution is -2.46. The van der Waals surface area contributed by atoms with E-state index in [1.807, 2.05) is 0 Å². The molecule has 1 aromatic rings. The normalized spacial score (nSPS) is 33.4. The van der Waals surface area contributed by atoms with Crippen molar-refractivity contribution < 1.29 is 9.16 Å². The zero-order chi connectivity index (χ0) is 21.5. The lowest BCUT2D eigenvalue weighted by atomic mass is 9.55. The summed E-state index contributed by atoms with van der Waals surface area (Å²) < 4.78 is 12.2. The van der Waals surface area contributed by atoms with Crippen molar-refractivity contribution in [3.05, 3.63) is 40.9 Å². The topological polar surface area (TPSA) is 18.5 Å². The number of hydrogen-bond acceptors (Lipinski definition) is 2. The molecule has 0 spiro atoms. The minimum atomic E-state index is 0.118. The molecule has 3 aliphatic rings. The third kappa shape index (κ3) is 3.80. The van der Waals surface area contributed by atoms with Gasteiger partial charge in [-0.3, -0.25) is 0 Å². The van der Waals surface area contributed by atoms with Gasteiger partial charge in [-0.15, -0.1) is 0 Å². The Morgan fingerprint density at radius 1 is 1.20 bits per heavy atom. The van der Waals surface area contributed by atoms with E-state index in [1.165, 1.54) is 44.1 Å². The molecule has 0 saturated heterocycles. The van der Waals surface area contributed by atoms with Crippen molar-refractivity contribution in [1.29, 1.82) is 0 Å². The van der Waals surface area contributed by atoms with Crippen LogP contribution in [-0.4, -0.2) is 23.0 Å². The number of rotatable bonds is 6. The predicted molar refractivity (Wildman–Crippen MR) is 126 cm³/mol. The van der Waals surface area contributed by atoms with E-state index < -0.39 is 0 Å². The first-order valence-electron chi connectivity index (χ1n) is 11.7. The van der Waals surface area contributed by atoms with Crippen LogP contribution in [0.5, 0.6) is 5.75 Å². The van der Waals surface area contributed by atoms with Gasteiger partial charge in [0.1, 0.15) is 5.75 Å². The van der Waals surface area contributed by atoms with Crippen molar-refractivity contribution in [3.63, 3.8) is 0 Å². The van der Waals surface area contributed by atoms with Gasteiger partial charge < -0.3 is 9.16 Å². The maximum absolute atomic E-state index is 6.74. The van der Waals surface area contributed by atoms with E-state index in [0.29, 0.717) is 33.6 Å². The second-order valence-electron chi connectivity index (χ2n) is 10.6. The molecule has 0 heterocycles. The molecular formula is C26H37ClO2Si. The zero-order valence-corrected chi connectivity index (χ0v) is 21.0. The smallest absolute Gasteiger partial charge is 0.236 e. The van der Waals surface area contributed by atoms with Crippen LogP contribution in [0.1, 0.15) is 76.8 Å². The molecule has 2 nitrogen and oxygen atoms in total.